The van der Waals surface area contributed by atoms with Crippen LogP contribution < -0.4 is 4.72 Å². The van der Waals surface area contributed by atoms with Gasteiger partial charge in [0.25, 0.3) is 0 Å². The number of benzene rings is 2. The monoisotopic (exact) mass is 455 g/mol. The number of halogens is 1. The minimum atomic E-state index is -3.97. The van der Waals surface area contributed by atoms with Crippen molar-refractivity contribution >= 4 is 26.9 Å². The number of ether oxygens (including phenoxy) is 1. The van der Waals surface area contributed by atoms with Gasteiger partial charge in [0.1, 0.15) is 6.04 Å². The fraction of sp³-hybridized carbons (Fsp3) is 0.292. The van der Waals surface area contributed by atoms with Gasteiger partial charge in [-0.2, -0.15) is 4.72 Å². The molecule has 1 aromatic heterocycles. The van der Waals surface area contributed by atoms with E-state index in [1.807, 2.05) is 24.3 Å². The molecule has 0 saturated heterocycles. The maximum absolute atomic E-state index is 12.9. The molecule has 168 valence electrons. The number of hydrogen-bond acceptors (Lipinski definition) is 4. The minimum absolute atomic E-state index is 0.0216. The minimum Gasteiger partial charge on any atom is -0.468 e. The zero-order chi connectivity index (χ0) is 23.0. The van der Waals surface area contributed by atoms with Gasteiger partial charge in [-0.05, 0) is 48.7 Å². The van der Waals surface area contributed by atoms with Crippen LogP contribution in [0.4, 0.5) is 4.39 Å². The van der Waals surface area contributed by atoms with Crippen molar-refractivity contribution in [2.75, 3.05) is 13.8 Å². The van der Waals surface area contributed by atoms with Crippen LogP contribution in [0.2, 0.25) is 0 Å². The van der Waals surface area contributed by atoms with Crippen molar-refractivity contribution in [3.63, 3.8) is 0 Å². The molecule has 2 N–H and O–H groups in total. The summed E-state index contributed by atoms with van der Waals surface area (Å²) in [6.45, 7) is -0.353. The summed E-state index contributed by atoms with van der Waals surface area (Å²) < 4.78 is 45.2. The van der Waals surface area contributed by atoms with Gasteiger partial charge in [-0.3, -0.25) is 9.18 Å². The summed E-state index contributed by atoms with van der Waals surface area (Å²) in [5.74, 6) is 5.20. The number of carbonyl (C=O) groups excluding carboxylic acids is 1. The van der Waals surface area contributed by atoms with Crippen molar-refractivity contribution in [2.45, 2.75) is 36.6 Å². The topological polar surface area (TPSA) is 88.3 Å². The predicted octanol–water partition coefficient (Wildman–Crippen LogP) is 3.72. The summed E-state index contributed by atoms with van der Waals surface area (Å²) in [4.78, 5) is 15.5. The van der Waals surface area contributed by atoms with Crippen LogP contribution in [0.15, 0.2) is 59.6 Å². The molecule has 6 nitrogen and oxygen atoms in total. The second-order valence-electron chi connectivity index (χ2n) is 7.23. The Morgan fingerprint density at radius 3 is 2.62 bits per heavy atom. The van der Waals surface area contributed by atoms with Crippen LogP contribution in [0.3, 0.4) is 0 Å². The van der Waals surface area contributed by atoms with Crippen LogP contribution in [0.5, 0.6) is 0 Å². The molecule has 3 aromatic rings. The zero-order valence-corrected chi connectivity index (χ0v) is 18.5. The number of esters is 1. The molecule has 0 spiro atoms. The van der Waals surface area contributed by atoms with Gasteiger partial charge < -0.3 is 9.72 Å². The number of sulfonamides is 1. The van der Waals surface area contributed by atoms with Crippen LogP contribution in [0, 0.1) is 11.8 Å². The lowest BCUT2D eigenvalue weighted by molar-refractivity contribution is -0.142. The summed E-state index contributed by atoms with van der Waals surface area (Å²) in [5, 5.41) is 0.912. The van der Waals surface area contributed by atoms with Crippen molar-refractivity contribution < 1.29 is 22.3 Å². The van der Waals surface area contributed by atoms with Crippen molar-refractivity contribution in [3.05, 3.63) is 65.9 Å². The summed E-state index contributed by atoms with van der Waals surface area (Å²) in [6.07, 6.45) is 3.65. The Bertz CT molecular complexity index is 1220. The molecule has 32 heavy (non-hydrogen) atoms. The van der Waals surface area contributed by atoms with Crippen LogP contribution in [-0.4, -0.2) is 39.2 Å². The molecule has 0 amide bonds. The van der Waals surface area contributed by atoms with E-state index in [9.17, 15) is 17.6 Å². The number of H-pyrrole nitrogens is 1. The number of aromatic amines is 1. The van der Waals surface area contributed by atoms with Gasteiger partial charge in [-0.15, -0.1) is 0 Å². The van der Waals surface area contributed by atoms with E-state index in [2.05, 4.69) is 21.5 Å². The standard InChI is InChI=1S/C24H25FN2O4S/c1-31-24(28)23(16-19-17-26-22-10-6-5-9-21(19)22)27-32(29,30)20-13-11-18(12-14-20)8-4-2-3-7-15-25/h5-6,9-14,17,23,26-27H,2-3,7,15-16H2,1H3/t23-/m1/s1/i25-1. The summed E-state index contributed by atoms with van der Waals surface area (Å²) in [6, 6.07) is 12.6. The van der Waals surface area contributed by atoms with Crippen molar-refractivity contribution in [2.24, 2.45) is 0 Å². The predicted molar refractivity (Wildman–Crippen MR) is 121 cm³/mol. The second-order valence-corrected chi connectivity index (χ2v) is 8.95. The smallest absolute Gasteiger partial charge is 0.324 e. The highest BCUT2D eigenvalue weighted by Gasteiger charge is 2.27. The zero-order valence-electron chi connectivity index (χ0n) is 17.7. The normalized spacial score (nSPS) is 12.2. The second kappa shape index (κ2) is 10.9. The fourth-order valence-corrected chi connectivity index (χ4v) is 4.47. The first kappa shape index (κ1) is 23.5. The van der Waals surface area contributed by atoms with Crippen molar-refractivity contribution in [1.82, 2.24) is 9.71 Å². The lowest BCUT2D eigenvalue weighted by atomic mass is 10.1. The molecule has 1 heterocycles. The average molecular weight is 456 g/mol. The molecule has 0 bridgehead atoms. The molecular weight excluding hydrogens is 430 g/mol. The highest BCUT2D eigenvalue weighted by molar-refractivity contribution is 7.89. The number of methoxy groups -OCH3 is 1. The maximum Gasteiger partial charge on any atom is 0.324 e. The average Bonchev–Trinajstić information content (AvgIpc) is 3.21. The number of alkyl halides is 1. The first-order valence-electron chi connectivity index (χ1n) is 10.2. The SMILES string of the molecule is COC(=O)[C@@H](Cc1c[nH]c2ccccc12)NS(=O)(=O)c1ccc(C#CCCCC[18F])cc1. The van der Waals surface area contributed by atoms with Gasteiger partial charge in [0.05, 0.1) is 18.7 Å². The number of nitrogens with one attached hydrogen (secondary N) is 2. The van der Waals surface area contributed by atoms with Crippen molar-refractivity contribution in [1.29, 1.82) is 0 Å². The van der Waals surface area contributed by atoms with Gasteiger partial charge in [0.2, 0.25) is 10.0 Å². The summed E-state index contributed by atoms with van der Waals surface area (Å²) in [7, 11) is -2.75. The van der Waals surface area contributed by atoms with Gasteiger partial charge in [0.15, 0.2) is 0 Å². The molecule has 1 atom stereocenters. The number of hydrogen-bond donors (Lipinski definition) is 2. The van der Waals surface area contributed by atoms with E-state index in [-0.39, 0.29) is 18.0 Å². The Hall–Kier alpha value is -3.15. The van der Waals surface area contributed by atoms with E-state index < -0.39 is 22.0 Å². The number of aromatic nitrogens is 1. The third-order valence-electron chi connectivity index (χ3n) is 4.96. The maximum atomic E-state index is 12.9. The van der Waals surface area contributed by atoms with Gasteiger partial charge in [0, 0.05) is 35.5 Å². The highest BCUT2D eigenvalue weighted by Crippen LogP contribution is 2.20. The largest absolute Gasteiger partial charge is 0.468 e. The quantitative estimate of drug-likeness (QED) is 0.292. The number of para-hydroxylation sites is 1. The van der Waals surface area contributed by atoms with Crippen LogP contribution >= 0.6 is 0 Å². The van der Waals surface area contributed by atoms with Gasteiger partial charge in [-0.25, -0.2) is 8.42 Å². The van der Waals surface area contributed by atoms with E-state index >= 15 is 0 Å². The molecule has 3 rings (SSSR count). The Morgan fingerprint density at radius 1 is 1.16 bits per heavy atom. The van der Waals surface area contributed by atoms with Crippen LogP contribution in [0.25, 0.3) is 10.9 Å². The Labute approximate surface area is 187 Å². The molecule has 2 aromatic carbocycles. The molecule has 0 saturated carbocycles. The number of unbranched alkanes of at least 4 members (excludes halogenated alkanes) is 2. The molecular formula is C24H25FN2O4S. The van der Waals surface area contributed by atoms with E-state index in [4.69, 9.17) is 4.74 Å². The van der Waals surface area contributed by atoms with E-state index in [0.29, 0.717) is 24.8 Å². The molecule has 0 unspecified atom stereocenters. The van der Waals surface area contributed by atoms with E-state index in [1.165, 1.54) is 19.2 Å². The lowest BCUT2D eigenvalue weighted by Gasteiger charge is -2.16. The fourth-order valence-electron chi connectivity index (χ4n) is 3.28. The number of fused-ring (bicyclic) bond motifs is 1. The first-order chi connectivity index (χ1) is 15.4. The van der Waals surface area contributed by atoms with E-state index in [1.54, 1.807) is 18.3 Å². The molecule has 0 aliphatic carbocycles. The van der Waals surface area contributed by atoms with Gasteiger partial charge in [-0.1, -0.05) is 30.0 Å². The molecule has 0 aliphatic heterocycles. The molecule has 0 fully saturated rings. The lowest BCUT2D eigenvalue weighted by Crippen LogP contribution is -2.42. The summed E-state index contributed by atoms with van der Waals surface area (Å²) >= 11 is 0. The highest BCUT2D eigenvalue weighted by atomic mass is 32.2. The molecule has 8 heteroatoms. The van der Waals surface area contributed by atoms with Gasteiger partial charge >= 0.3 is 5.97 Å². The number of carbonyl (C=O) groups is 1. The Kier molecular flexibility index (Phi) is 8.03. The molecule has 0 aliphatic rings. The third kappa shape index (κ3) is 5.96. The Morgan fingerprint density at radius 2 is 1.91 bits per heavy atom. The number of rotatable bonds is 9. The van der Waals surface area contributed by atoms with Crippen molar-refractivity contribution in [3.8, 4) is 11.8 Å². The summed E-state index contributed by atoms with van der Waals surface area (Å²) in [5.41, 5.74) is 2.36. The molecule has 0 radical (unpaired) electrons. The third-order valence-corrected chi connectivity index (χ3v) is 6.45. The van der Waals surface area contributed by atoms with E-state index in [0.717, 1.165) is 16.5 Å². The first-order valence-corrected chi connectivity index (χ1v) is 11.7. The Balaban J connectivity index is 1.74. The van der Waals surface area contributed by atoms with Crippen LogP contribution in [0.1, 0.15) is 30.4 Å². The van der Waals surface area contributed by atoms with Crippen LogP contribution in [-0.2, 0) is 26.0 Å².